The fourth-order valence-corrected chi connectivity index (χ4v) is 2.48. The first kappa shape index (κ1) is 17.2. The summed E-state index contributed by atoms with van der Waals surface area (Å²) in [5, 5.41) is 14.4. The molecule has 0 saturated carbocycles. The number of non-ortho nitro benzene ring substituents is 1. The Morgan fingerprint density at radius 1 is 1.26 bits per heavy atom. The van der Waals surface area contributed by atoms with Crippen LogP contribution in [0.2, 0.25) is 10.0 Å². The molecule has 23 heavy (non-hydrogen) atoms. The van der Waals surface area contributed by atoms with Gasteiger partial charge in [-0.25, -0.2) is 0 Å². The molecule has 1 amide bonds. The summed E-state index contributed by atoms with van der Waals surface area (Å²) in [5.74, 6) is -0.246. The number of aryl methyl sites for hydroxylation is 2. The highest BCUT2D eigenvalue weighted by atomic mass is 35.5. The van der Waals surface area contributed by atoms with E-state index in [2.05, 4.69) is 5.32 Å². The summed E-state index contributed by atoms with van der Waals surface area (Å²) < 4.78 is 0. The van der Waals surface area contributed by atoms with E-state index in [1.807, 2.05) is 0 Å². The summed E-state index contributed by atoms with van der Waals surface area (Å²) in [7, 11) is 0. The van der Waals surface area contributed by atoms with Crippen LogP contribution in [0.5, 0.6) is 0 Å². The van der Waals surface area contributed by atoms with Crippen LogP contribution in [0.3, 0.4) is 0 Å². The van der Waals surface area contributed by atoms with Crippen molar-refractivity contribution < 1.29 is 9.72 Å². The number of nitro benzene ring substituents is 1. The number of benzene rings is 2. The molecule has 0 fully saturated rings. The lowest BCUT2D eigenvalue weighted by atomic mass is 10.1. The molecule has 7 heteroatoms. The van der Waals surface area contributed by atoms with Gasteiger partial charge in [0.1, 0.15) is 0 Å². The summed E-state index contributed by atoms with van der Waals surface area (Å²) in [6, 6.07) is 9.60. The van der Waals surface area contributed by atoms with Crippen LogP contribution in [0.1, 0.15) is 17.5 Å². The average Bonchev–Trinajstić information content (AvgIpc) is 2.50. The highest BCUT2D eigenvalue weighted by molar-refractivity contribution is 6.42. The van der Waals surface area contributed by atoms with Gasteiger partial charge in [-0.3, -0.25) is 14.9 Å². The maximum atomic E-state index is 12.1. The van der Waals surface area contributed by atoms with Gasteiger partial charge < -0.3 is 5.32 Å². The molecule has 5 nitrogen and oxygen atoms in total. The van der Waals surface area contributed by atoms with Crippen LogP contribution in [0.25, 0.3) is 0 Å². The lowest BCUT2D eigenvalue weighted by Crippen LogP contribution is -2.13. The van der Waals surface area contributed by atoms with Gasteiger partial charge >= 0.3 is 0 Å². The molecule has 0 heterocycles. The summed E-state index contributed by atoms with van der Waals surface area (Å²) in [6.07, 6.45) is 0.626. The molecule has 120 valence electrons. The van der Waals surface area contributed by atoms with Crippen LogP contribution < -0.4 is 5.32 Å². The van der Waals surface area contributed by atoms with Gasteiger partial charge in [0, 0.05) is 18.6 Å². The van der Waals surface area contributed by atoms with Gasteiger partial charge in [-0.1, -0.05) is 41.4 Å². The number of anilines is 1. The second-order valence-corrected chi connectivity index (χ2v) is 5.80. The minimum absolute atomic E-state index is 0.0659. The quantitative estimate of drug-likeness (QED) is 0.621. The van der Waals surface area contributed by atoms with Crippen LogP contribution in [0, 0.1) is 17.0 Å². The molecular weight excluding hydrogens is 339 g/mol. The molecule has 0 atom stereocenters. The van der Waals surface area contributed by atoms with Gasteiger partial charge in [-0.05, 0) is 30.5 Å². The SMILES string of the molecule is Cc1ccc([N+](=O)[O-])cc1NC(=O)CCc1cccc(Cl)c1Cl. The van der Waals surface area contributed by atoms with E-state index in [0.717, 1.165) is 11.1 Å². The first-order valence-electron chi connectivity index (χ1n) is 6.86. The minimum atomic E-state index is -0.499. The normalized spacial score (nSPS) is 10.4. The maximum Gasteiger partial charge on any atom is 0.271 e. The fourth-order valence-electron chi connectivity index (χ4n) is 2.06. The summed E-state index contributed by atoms with van der Waals surface area (Å²) in [4.78, 5) is 22.4. The van der Waals surface area contributed by atoms with E-state index in [1.54, 1.807) is 31.2 Å². The topological polar surface area (TPSA) is 72.2 Å². The number of nitrogens with one attached hydrogen (secondary N) is 1. The molecule has 2 aromatic rings. The number of carbonyl (C=O) groups is 1. The smallest absolute Gasteiger partial charge is 0.271 e. The third kappa shape index (κ3) is 4.43. The van der Waals surface area contributed by atoms with Crippen molar-refractivity contribution in [2.75, 3.05) is 5.32 Å². The van der Waals surface area contributed by atoms with Crippen LogP contribution in [-0.2, 0) is 11.2 Å². The Morgan fingerprint density at radius 3 is 2.70 bits per heavy atom. The van der Waals surface area contributed by atoms with Crippen molar-refractivity contribution in [2.24, 2.45) is 0 Å². The second kappa shape index (κ2) is 7.44. The van der Waals surface area contributed by atoms with E-state index >= 15 is 0 Å². The highest BCUT2D eigenvalue weighted by Gasteiger charge is 2.12. The van der Waals surface area contributed by atoms with Crippen LogP contribution >= 0.6 is 23.2 Å². The Hall–Kier alpha value is -2.11. The zero-order valence-electron chi connectivity index (χ0n) is 12.3. The first-order valence-corrected chi connectivity index (χ1v) is 7.62. The minimum Gasteiger partial charge on any atom is -0.326 e. The van der Waals surface area contributed by atoms with Crippen molar-refractivity contribution in [2.45, 2.75) is 19.8 Å². The van der Waals surface area contributed by atoms with Crippen molar-refractivity contribution in [1.82, 2.24) is 0 Å². The van der Waals surface area contributed by atoms with Crippen molar-refractivity contribution in [3.63, 3.8) is 0 Å². The van der Waals surface area contributed by atoms with E-state index in [0.29, 0.717) is 22.2 Å². The molecule has 0 unspecified atom stereocenters. The van der Waals surface area contributed by atoms with Crippen LogP contribution in [0.4, 0.5) is 11.4 Å². The molecule has 0 saturated heterocycles. The number of hydrogen-bond donors (Lipinski definition) is 1. The third-order valence-electron chi connectivity index (χ3n) is 3.36. The molecule has 0 aliphatic carbocycles. The molecule has 2 rings (SSSR count). The van der Waals surface area contributed by atoms with E-state index in [-0.39, 0.29) is 18.0 Å². The first-order chi connectivity index (χ1) is 10.9. The van der Waals surface area contributed by atoms with Crippen molar-refractivity contribution in [3.8, 4) is 0 Å². The molecule has 0 bridgehead atoms. The highest BCUT2D eigenvalue weighted by Crippen LogP contribution is 2.27. The Balaban J connectivity index is 2.04. The number of halogens is 2. The monoisotopic (exact) mass is 352 g/mol. The molecular formula is C16H14Cl2N2O3. The number of amides is 1. The van der Waals surface area contributed by atoms with E-state index < -0.39 is 4.92 Å². The van der Waals surface area contributed by atoms with Crippen LogP contribution in [-0.4, -0.2) is 10.8 Å². The summed E-state index contributed by atoms with van der Waals surface area (Å²) in [5.41, 5.74) is 1.90. The number of rotatable bonds is 5. The molecule has 0 radical (unpaired) electrons. The van der Waals surface area contributed by atoms with E-state index in [1.165, 1.54) is 12.1 Å². The zero-order chi connectivity index (χ0) is 17.0. The lowest BCUT2D eigenvalue weighted by Gasteiger charge is -2.09. The van der Waals surface area contributed by atoms with Gasteiger partial charge in [0.05, 0.1) is 20.7 Å². The third-order valence-corrected chi connectivity index (χ3v) is 4.22. The molecule has 0 aromatic heterocycles. The summed E-state index contributed by atoms with van der Waals surface area (Å²) in [6.45, 7) is 1.77. The predicted octanol–water partition coefficient (Wildman–Crippen LogP) is 4.78. The lowest BCUT2D eigenvalue weighted by molar-refractivity contribution is -0.384. The molecule has 0 aliphatic rings. The molecule has 2 aromatic carbocycles. The zero-order valence-corrected chi connectivity index (χ0v) is 13.8. The number of carbonyl (C=O) groups excluding carboxylic acids is 1. The molecule has 0 aliphatic heterocycles. The molecule has 1 N–H and O–H groups in total. The van der Waals surface area contributed by atoms with Gasteiger partial charge in [0.15, 0.2) is 0 Å². The predicted molar refractivity (Wildman–Crippen MR) is 91.2 cm³/mol. The summed E-state index contributed by atoms with van der Waals surface area (Å²) >= 11 is 12.0. The van der Waals surface area contributed by atoms with Crippen molar-refractivity contribution in [1.29, 1.82) is 0 Å². The second-order valence-electron chi connectivity index (χ2n) is 5.02. The fraction of sp³-hybridized carbons (Fsp3) is 0.188. The Morgan fingerprint density at radius 2 is 2.00 bits per heavy atom. The Kier molecular flexibility index (Phi) is 5.58. The number of nitro groups is 1. The average molecular weight is 353 g/mol. The van der Waals surface area contributed by atoms with Gasteiger partial charge in [-0.2, -0.15) is 0 Å². The van der Waals surface area contributed by atoms with Gasteiger partial charge in [0.25, 0.3) is 5.69 Å². The molecule has 0 spiro atoms. The Bertz CT molecular complexity index is 763. The van der Waals surface area contributed by atoms with Gasteiger partial charge in [0.2, 0.25) is 5.91 Å². The van der Waals surface area contributed by atoms with Crippen molar-refractivity contribution >= 4 is 40.5 Å². The van der Waals surface area contributed by atoms with Crippen LogP contribution in [0.15, 0.2) is 36.4 Å². The van der Waals surface area contributed by atoms with E-state index in [4.69, 9.17) is 23.2 Å². The number of hydrogen-bond acceptors (Lipinski definition) is 3. The standard InChI is InChI=1S/C16H14Cl2N2O3/c1-10-5-7-12(20(22)23)9-14(10)19-15(21)8-6-11-3-2-4-13(17)16(11)18/h2-5,7,9H,6,8H2,1H3,(H,19,21). The largest absolute Gasteiger partial charge is 0.326 e. The Labute approximate surface area is 143 Å². The van der Waals surface area contributed by atoms with E-state index in [9.17, 15) is 14.9 Å². The van der Waals surface area contributed by atoms with Crippen molar-refractivity contribution in [3.05, 3.63) is 67.7 Å². The number of nitrogens with zero attached hydrogens (tertiary/aromatic N) is 1. The maximum absolute atomic E-state index is 12.1. The van der Waals surface area contributed by atoms with Gasteiger partial charge in [-0.15, -0.1) is 0 Å².